The Morgan fingerprint density at radius 3 is 3.16 bits per heavy atom. The van der Waals surface area contributed by atoms with E-state index in [2.05, 4.69) is 15.2 Å². The molecular formula is C13H20N4O2. The van der Waals surface area contributed by atoms with Gasteiger partial charge in [0, 0.05) is 37.9 Å². The molecule has 1 amide bonds. The van der Waals surface area contributed by atoms with E-state index >= 15 is 0 Å². The average molecular weight is 264 g/mol. The number of hydrogen-bond acceptors (Lipinski definition) is 5. The van der Waals surface area contributed by atoms with Crippen LogP contribution in [0.15, 0.2) is 18.3 Å². The molecule has 1 aliphatic rings. The molecule has 1 fully saturated rings. The van der Waals surface area contributed by atoms with Gasteiger partial charge in [0.25, 0.3) is 0 Å². The largest absolute Gasteiger partial charge is 0.481 e. The molecule has 0 aromatic carbocycles. The van der Waals surface area contributed by atoms with Crippen LogP contribution in [-0.2, 0) is 11.3 Å². The Balaban J connectivity index is 2.14. The molecule has 1 aromatic heterocycles. The zero-order valence-electron chi connectivity index (χ0n) is 11.3. The topological polar surface area (TPSA) is 80.5 Å². The summed E-state index contributed by atoms with van der Waals surface area (Å²) >= 11 is 0. The maximum absolute atomic E-state index is 11.9. The van der Waals surface area contributed by atoms with Crippen molar-refractivity contribution in [1.82, 2.24) is 15.2 Å². The van der Waals surface area contributed by atoms with Crippen molar-refractivity contribution < 1.29 is 9.53 Å². The van der Waals surface area contributed by atoms with Crippen molar-refractivity contribution in [3.63, 3.8) is 0 Å². The maximum atomic E-state index is 11.9. The van der Waals surface area contributed by atoms with Crippen LogP contribution < -0.4 is 15.8 Å². The number of pyridine rings is 1. The summed E-state index contributed by atoms with van der Waals surface area (Å²) in [6.07, 6.45) is 2.37. The highest BCUT2D eigenvalue weighted by molar-refractivity contribution is 5.81. The molecule has 2 atom stereocenters. The molecule has 2 heterocycles. The number of hydrogen-bond donors (Lipinski definition) is 2. The minimum Gasteiger partial charge on any atom is -0.481 e. The Morgan fingerprint density at radius 1 is 1.68 bits per heavy atom. The highest BCUT2D eigenvalue weighted by Crippen LogP contribution is 2.23. The maximum Gasteiger partial charge on any atom is 0.237 e. The Hall–Kier alpha value is -1.66. The van der Waals surface area contributed by atoms with Crippen LogP contribution in [-0.4, -0.2) is 48.6 Å². The van der Waals surface area contributed by atoms with Gasteiger partial charge in [0.05, 0.1) is 13.2 Å². The molecule has 104 valence electrons. The SMILES string of the molecule is CNC(=O)[C@@H]1C[C@@H](N)CN1Cc1cccnc1OC. The molecule has 0 bridgehead atoms. The van der Waals surface area contributed by atoms with E-state index in [1.807, 2.05) is 12.1 Å². The second-order valence-electron chi connectivity index (χ2n) is 4.73. The van der Waals surface area contributed by atoms with Crippen molar-refractivity contribution in [2.75, 3.05) is 20.7 Å². The number of nitrogens with zero attached hydrogens (tertiary/aromatic N) is 2. The molecule has 0 aliphatic carbocycles. The number of methoxy groups -OCH3 is 1. The van der Waals surface area contributed by atoms with Gasteiger partial charge >= 0.3 is 0 Å². The molecule has 6 nitrogen and oxygen atoms in total. The number of nitrogens with two attached hydrogens (primary N) is 1. The molecular weight excluding hydrogens is 244 g/mol. The predicted molar refractivity (Wildman–Crippen MR) is 71.6 cm³/mol. The van der Waals surface area contributed by atoms with Crippen LogP contribution in [0.3, 0.4) is 0 Å². The van der Waals surface area contributed by atoms with Crippen molar-refractivity contribution in [3.8, 4) is 5.88 Å². The third-order valence-electron chi connectivity index (χ3n) is 3.40. The van der Waals surface area contributed by atoms with Gasteiger partial charge in [-0.3, -0.25) is 9.69 Å². The zero-order chi connectivity index (χ0) is 13.8. The van der Waals surface area contributed by atoms with Gasteiger partial charge in [-0.15, -0.1) is 0 Å². The molecule has 3 N–H and O–H groups in total. The second kappa shape index (κ2) is 5.99. The van der Waals surface area contributed by atoms with E-state index in [9.17, 15) is 4.79 Å². The van der Waals surface area contributed by atoms with Gasteiger partial charge in [-0.05, 0) is 12.5 Å². The number of amides is 1. The fourth-order valence-corrected chi connectivity index (χ4v) is 2.50. The van der Waals surface area contributed by atoms with Gasteiger partial charge in [0.2, 0.25) is 11.8 Å². The number of rotatable bonds is 4. The van der Waals surface area contributed by atoms with E-state index in [-0.39, 0.29) is 18.0 Å². The first-order valence-corrected chi connectivity index (χ1v) is 6.34. The molecule has 0 unspecified atom stereocenters. The summed E-state index contributed by atoms with van der Waals surface area (Å²) in [5.74, 6) is 0.606. The molecule has 6 heteroatoms. The van der Waals surface area contributed by atoms with E-state index in [0.29, 0.717) is 25.4 Å². The summed E-state index contributed by atoms with van der Waals surface area (Å²) in [5, 5.41) is 2.69. The molecule has 1 saturated heterocycles. The lowest BCUT2D eigenvalue weighted by molar-refractivity contribution is -0.125. The number of nitrogens with one attached hydrogen (secondary N) is 1. The summed E-state index contributed by atoms with van der Waals surface area (Å²) in [6.45, 7) is 1.32. The number of likely N-dealkylation sites (tertiary alicyclic amines) is 1. The van der Waals surface area contributed by atoms with Gasteiger partial charge in [-0.25, -0.2) is 4.98 Å². The van der Waals surface area contributed by atoms with Gasteiger partial charge in [-0.2, -0.15) is 0 Å². The van der Waals surface area contributed by atoms with Crippen LogP contribution >= 0.6 is 0 Å². The standard InChI is InChI=1S/C13H20N4O2/c1-15-12(18)11-6-10(14)8-17(11)7-9-4-3-5-16-13(9)19-2/h3-5,10-11H,6-8,14H2,1-2H3,(H,15,18)/t10-,11+/m1/s1. The number of aromatic nitrogens is 1. The van der Waals surface area contributed by atoms with E-state index in [1.54, 1.807) is 20.4 Å². The molecule has 19 heavy (non-hydrogen) atoms. The van der Waals surface area contributed by atoms with E-state index in [1.165, 1.54) is 0 Å². The number of carbonyl (C=O) groups is 1. The van der Waals surface area contributed by atoms with Crippen molar-refractivity contribution in [3.05, 3.63) is 23.9 Å². The number of likely N-dealkylation sites (N-methyl/N-ethyl adjacent to an activating group) is 1. The van der Waals surface area contributed by atoms with Crippen LogP contribution in [0.25, 0.3) is 0 Å². The Labute approximate surface area is 112 Å². The van der Waals surface area contributed by atoms with Crippen LogP contribution in [0.2, 0.25) is 0 Å². The molecule has 0 radical (unpaired) electrons. The summed E-state index contributed by atoms with van der Waals surface area (Å²) in [7, 11) is 3.24. The summed E-state index contributed by atoms with van der Waals surface area (Å²) in [6, 6.07) is 3.68. The van der Waals surface area contributed by atoms with Crippen molar-refractivity contribution in [2.24, 2.45) is 5.73 Å². The fourth-order valence-electron chi connectivity index (χ4n) is 2.50. The van der Waals surface area contributed by atoms with E-state index < -0.39 is 0 Å². The zero-order valence-corrected chi connectivity index (χ0v) is 11.3. The fraction of sp³-hybridized carbons (Fsp3) is 0.538. The van der Waals surface area contributed by atoms with Crippen LogP contribution in [0.1, 0.15) is 12.0 Å². The Bertz CT molecular complexity index is 452. The molecule has 1 aliphatic heterocycles. The van der Waals surface area contributed by atoms with Crippen molar-refractivity contribution in [1.29, 1.82) is 0 Å². The van der Waals surface area contributed by atoms with Crippen LogP contribution in [0.4, 0.5) is 0 Å². The van der Waals surface area contributed by atoms with Gasteiger partial charge in [0.15, 0.2) is 0 Å². The summed E-state index contributed by atoms with van der Waals surface area (Å²) < 4.78 is 5.23. The van der Waals surface area contributed by atoms with E-state index in [4.69, 9.17) is 10.5 Å². The minimum atomic E-state index is -0.176. The smallest absolute Gasteiger partial charge is 0.237 e. The molecule has 0 saturated carbocycles. The first-order valence-electron chi connectivity index (χ1n) is 6.34. The lowest BCUT2D eigenvalue weighted by Gasteiger charge is -2.23. The van der Waals surface area contributed by atoms with Crippen molar-refractivity contribution >= 4 is 5.91 Å². The number of carbonyl (C=O) groups excluding carboxylic acids is 1. The monoisotopic (exact) mass is 264 g/mol. The lowest BCUT2D eigenvalue weighted by atomic mass is 10.1. The third kappa shape index (κ3) is 3.02. The van der Waals surface area contributed by atoms with Crippen LogP contribution in [0, 0.1) is 0 Å². The predicted octanol–water partition coefficient (Wildman–Crippen LogP) is -0.262. The Morgan fingerprint density at radius 2 is 2.47 bits per heavy atom. The molecule has 0 spiro atoms. The summed E-state index contributed by atoms with van der Waals surface area (Å²) in [4.78, 5) is 18.1. The van der Waals surface area contributed by atoms with Crippen LogP contribution in [0.5, 0.6) is 5.88 Å². The van der Waals surface area contributed by atoms with Gasteiger partial charge < -0.3 is 15.8 Å². The summed E-state index contributed by atoms with van der Waals surface area (Å²) in [5.41, 5.74) is 6.93. The second-order valence-corrected chi connectivity index (χ2v) is 4.73. The van der Waals surface area contributed by atoms with Crippen molar-refractivity contribution in [2.45, 2.75) is 25.0 Å². The van der Waals surface area contributed by atoms with Gasteiger partial charge in [0.1, 0.15) is 0 Å². The van der Waals surface area contributed by atoms with E-state index in [0.717, 1.165) is 5.56 Å². The molecule has 2 rings (SSSR count). The first kappa shape index (κ1) is 13.8. The number of ether oxygens (including phenoxy) is 1. The normalized spacial score (nSPS) is 23.3. The highest BCUT2D eigenvalue weighted by Gasteiger charge is 2.34. The van der Waals surface area contributed by atoms with Gasteiger partial charge in [-0.1, -0.05) is 6.07 Å². The third-order valence-corrected chi connectivity index (χ3v) is 3.40. The highest BCUT2D eigenvalue weighted by atomic mass is 16.5. The lowest BCUT2D eigenvalue weighted by Crippen LogP contribution is -2.41. The first-order chi connectivity index (χ1) is 9.15. The quantitative estimate of drug-likeness (QED) is 0.783. The minimum absolute atomic E-state index is 0.0100. The molecule has 1 aromatic rings. The Kier molecular flexibility index (Phi) is 4.34. The average Bonchev–Trinajstić information content (AvgIpc) is 2.79.